The summed E-state index contributed by atoms with van der Waals surface area (Å²) in [6, 6.07) is 21.4. The van der Waals surface area contributed by atoms with Gasteiger partial charge < -0.3 is 20.3 Å². The van der Waals surface area contributed by atoms with Crippen LogP contribution < -0.4 is 15.5 Å². The predicted molar refractivity (Wildman–Crippen MR) is 154 cm³/mol. The maximum Gasteiger partial charge on any atom is 0.255 e. The quantitative estimate of drug-likeness (QED) is 0.429. The Labute approximate surface area is 234 Å². The summed E-state index contributed by atoms with van der Waals surface area (Å²) in [7, 11) is 0. The van der Waals surface area contributed by atoms with Gasteiger partial charge in [0.25, 0.3) is 11.8 Å². The van der Waals surface area contributed by atoms with Gasteiger partial charge in [-0.05, 0) is 42.0 Å². The highest BCUT2D eigenvalue weighted by Crippen LogP contribution is 2.26. The van der Waals surface area contributed by atoms with Gasteiger partial charge in [0.15, 0.2) is 0 Å². The van der Waals surface area contributed by atoms with Gasteiger partial charge in [0.1, 0.15) is 5.82 Å². The smallest absolute Gasteiger partial charge is 0.255 e. The summed E-state index contributed by atoms with van der Waals surface area (Å²) in [5.41, 5.74) is 3.34. The van der Waals surface area contributed by atoms with Gasteiger partial charge in [-0.15, -0.1) is 0 Å². The molecule has 0 atom stereocenters. The Morgan fingerprint density at radius 1 is 0.800 bits per heavy atom. The number of ether oxygens (including phenoxy) is 1. The lowest BCUT2D eigenvalue weighted by Crippen LogP contribution is -2.46. The Balaban J connectivity index is 1.28. The molecule has 2 fully saturated rings. The van der Waals surface area contributed by atoms with Crippen molar-refractivity contribution >= 4 is 23.2 Å². The molecule has 0 saturated carbocycles. The monoisotopic (exact) mass is 545 g/mol. The average molecular weight is 546 g/mol. The first-order valence-corrected chi connectivity index (χ1v) is 13.9. The number of carbonyl (C=O) groups excluding carboxylic acids is 2. The van der Waals surface area contributed by atoms with E-state index in [1.54, 1.807) is 18.2 Å². The molecule has 0 radical (unpaired) electrons. The maximum atomic E-state index is 13.6. The minimum atomic E-state index is -0.477. The molecule has 3 aromatic rings. The second-order valence-electron chi connectivity index (χ2n) is 10.2. The van der Waals surface area contributed by atoms with Crippen molar-refractivity contribution in [1.29, 1.82) is 0 Å². The Morgan fingerprint density at radius 2 is 1.57 bits per heavy atom. The lowest BCUT2D eigenvalue weighted by Gasteiger charge is -2.37. The number of halogens is 1. The standard InChI is InChI=1S/C31H36FN5O3/c32-26-8-4-7-25(21-26)30(38)34-27-9-10-29(28(22-27)31(39)33-11-12-35-17-19-40-20-18-35)37-15-13-36(14-16-37)23-24-5-2-1-3-6-24/h1-10,21-22H,11-20,23H2,(H,33,39)(H,34,38). The maximum absolute atomic E-state index is 13.6. The average Bonchev–Trinajstić information content (AvgIpc) is 2.98. The van der Waals surface area contributed by atoms with Gasteiger partial charge in [0.2, 0.25) is 0 Å². The summed E-state index contributed by atoms with van der Waals surface area (Å²) < 4.78 is 19.1. The molecule has 210 valence electrons. The van der Waals surface area contributed by atoms with Gasteiger partial charge in [-0.3, -0.25) is 19.4 Å². The Kier molecular flexibility index (Phi) is 9.38. The van der Waals surface area contributed by atoms with Crippen LogP contribution in [0, 0.1) is 5.82 Å². The minimum absolute atomic E-state index is 0.183. The van der Waals surface area contributed by atoms with Gasteiger partial charge in [0, 0.05) is 75.8 Å². The second-order valence-corrected chi connectivity index (χ2v) is 10.2. The largest absolute Gasteiger partial charge is 0.379 e. The molecule has 0 unspecified atom stereocenters. The Hall–Kier alpha value is -3.79. The molecule has 2 N–H and O–H groups in total. The van der Waals surface area contributed by atoms with Crippen LogP contribution in [-0.4, -0.2) is 87.2 Å². The van der Waals surface area contributed by atoms with Crippen molar-refractivity contribution in [1.82, 2.24) is 15.1 Å². The van der Waals surface area contributed by atoms with Crippen LogP contribution in [-0.2, 0) is 11.3 Å². The number of piperazine rings is 1. The van der Waals surface area contributed by atoms with Gasteiger partial charge in [-0.25, -0.2) is 4.39 Å². The molecule has 8 nitrogen and oxygen atoms in total. The number of rotatable bonds is 9. The molecule has 0 bridgehead atoms. The lowest BCUT2D eigenvalue weighted by molar-refractivity contribution is 0.0383. The molecule has 5 rings (SSSR count). The van der Waals surface area contributed by atoms with Crippen LogP contribution in [0.2, 0.25) is 0 Å². The van der Waals surface area contributed by atoms with Crippen molar-refractivity contribution in [2.24, 2.45) is 0 Å². The number of nitrogens with one attached hydrogen (secondary N) is 2. The molecule has 2 aliphatic rings. The molecule has 40 heavy (non-hydrogen) atoms. The van der Waals surface area contributed by atoms with E-state index in [0.29, 0.717) is 31.0 Å². The van der Waals surface area contributed by atoms with Crippen molar-refractivity contribution in [3.63, 3.8) is 0 Å². The highest BCUT2D eigenvalue weighted by Gasteiger charge is 2.23. The number of benzene rings is 3. The normalized spacial score (nSPS) is 16.5. The van der Waals surface area contributed by atoms with Crippen LogP contribution in [0.15, 0.2) is 72.8 Å². The van der Waals surface area contributed by atoms with E-state index in [1.807, 2.05) is 12.1 Å². The molecular weight excluding hydrogens is 509 g/mol. The van der Waals surface area contributed by atoms with Crippen molar-refractivity contribution in [2.75, 3.05) is 75.8 Å². The van der Waals surface area contributed by atoms with Crippen LogP contribution in [0.4, 0.5) is 15.8 Å². The number of hydrogen-bond donors (Lipinski definition) is 2. The van der Waals surface area contributed by atoms with Gasteiger partial charge in [-0.2, -0.15) is 0 Å². The van der Waals surface area contributed by atoms with Crippen molar-refractivity contribution in [3.8, 4) is 0 Å². The number of anilines is 2. The third kappa shape index (κ3) is 7.44. The number of carbonyl (C=O) groups is 2. The fourth-order valence-corrected chi connectivity index (χ4v) is 5.14. The summed E-state index contributed by atoms with van der Waals surface area (Å²) in [6.45, 7) is 8.63. The Bertz CT molecular complexity index is 1290. The van der Waals surface area contributed by atoms with E-state index in [2.05, 4.69) is 49.6 Å². The summed E-state index contributed by atoms with van der Waals surface area (Å²) >= 11 is 0. The zero-order valence-electron chi connectivity index (χ0n) is 22.7. The van der Waals surface area contributed by atoms with E-state index in [-0.39, 0.29) is 11.5 Å². The number of nitrogens with zero attached hydrogens (tertiary/aromatic N) is 3. The molecule has 2 saturated heterocycles. The van der Waals surface area contributed by atoms with E-state index in [4.69, 9.17) is 4.74 Å². The molecule has 0 spiro atoms. The Morgan fingerprint density at radius 3 is 2.33 bits per heavy atom. The van der Waals surface area contributed by atoms with Crippen molar-refractivity contribution in [2.45, 2.75) is 6.54 Å². The SMILES string of the molecule is O=C(Nc1ccc(N2CCN(Cc3ccccc3)CC2)c(C(=O)NCCN2CCOCC2)c1)c1cccc(F)c1. The highest BCUT2D eigenvalue weighted by molar-refractivity contribution is 6.06. The minimum Gasteiger partial charge on any atom is -0.379 e. The molecule has 2 amide bonds. The third-order valence-electron chi connectivity index (χ3n) is 7.37. The van der Waals surface area contributed by atoms with Gasteiger partial charge in [0.05, 0.1) is 18.8 Å². The number of morpholine rings is 1. The van der Waals surface area contributed by atoms with Crippen LogP contribution in [0.3, 0.4) is 0 Å². The highest BCUT2D eigenvalue weighted by atomic mass is 19.1. The van der Waals surface area contributed by atoms with Crippen LogP contribution in [0.25, 0.3) is 0 Å². The van der Waals surface area contributed by atoms with E-state index in [1.165, 1.54) is 23.8 Å². The van der Waals surface area contributed by atoms with E-state index in [0.717, 1.165) is 58.0 Å². The van der Waals surface area contributed by atoms with E-state index < -0.39 is 11.7 Å². The molecule has 0 aromatic heterocycles. The molecule has 9 heteroatoms. The van der Waals surface area contributed by atoms with Crippen LogP contribution >= 0.6 is 0 Å². The van der Waals surface area contributed by atoms with Crippen LogP contribution in [0.5, 0.6) is 0 Å². The molecule has 0 aliphatic carbocycles. The zero-order valence-corrected chi connectivity index (χ0v) is 22.7. The van der Waals surface area contributed by atoms with Crippen molar-refractivity contribution < 1.29 is 18.7 Å². The molecule has 2 aliphatic heterocycles. The third-order valence-corrected chi connectivity index (χ3v) is 7.37. The number of hydrogen-bond acceptors (Lipinski definition) is 6. The fraction of sp³-hybridized carbons (Fsp3) is 0.355. The summed E-state index contributed by atoms with van der Waals surface area (Å²) in [6.07, 6.45) is 0. The summed E-state index contributed by atoms with van der Waals surface area (Å²) in [5, 5.41) is 5.88. The first-order valence-electron chi connectivity index (χ1n) is 13.9. The number of amides is 2. The molecule has 3 aromatic carbocycles. The van der Waals surface area contributed by atoms with Crippen molar-refractivity contribution in [3.05, 3.63) is 95.3 Å². The van der Waals surface area contributed by atoms with Gasteiger partial charge >= 0.3 is 0 Å². The summed E-state index contributed by atoms with van der Waals surface area (Å²) in [5.74, 6) is -1.09. The first kappa shape index (κ1) is 27.8. The van der Waals surface area contributed by atoms with Gasteiger partial charge in [-0.1, -0.05) is 36.4 Å². The lowest BCUT2D eigenvalue weighted by atomic mass is 10.1. The second kappa shape index (κ2) is 13.5. The topological polar surface area (TPSA) is 77.2 Å². The fourth-order valence-electron chi connectivity index (χ4n) is 5.14. The predicted octanol–water partition coefficient (Wildman–Crippen LogP) is 3.46. The van der Waals surface area contributed by atoms with Crippen LogP contribution in [0.1, 0.15) is 26.3 Å². The van der Waals surface area contributed by atoms with E-state index >= 15 is 0 Å². The first-order chi connectivity index (χ1) is 19.5. The molecular formula is C31H36FN5O3. The zero-order chi connectivity index (χ0) is 27.7. The molecule has 2 heterocycles. The van der Waals surface area contributed by atoms with E-state index in [9.17, 15) is 14.0 Å². The summed E-state index contributed by atoms with van der Waals surface area (Å²) in [4.78, 5) is 33.1.